The van der Waals surface area contributed by atoms with E-state index in [0.717, 1.165) is 6.07 Å². The van der Waals surface area contributed by atoms with E-state index in [0.29, 0.717) is 5.69 Å². The van der Waals surface area contributed by atoms with Crippen molar-refractivity contribution in [2.45, 2.75) is 0 Å². The van der Waals surface area contributed by atoms with Gasteiger partial charge in [-0.25, -0.2) is 9.37 Å². The molecule has 2 N–H and O–H groups in total. The number of fused-ring (bicyclic) bond motifs is 1. The minimum atomic E-state index is -1.13. The summed E-state index contributed by atoms with van der Waals surface area (Å²) in [7, 11) is 2.74. The number of benzene rings is 1. The van der Waals surface area contributed by atoms with E-state index >= 15 is 0 Å². The molecule has 0 atom stereocenters. The lowest BCUT2D eigenvalue weighted by molar-refractivity contribution is 0.374. The number of ether oxygens (including phenoxy) is 1. The third-order valence-electron chi connectivity index (χ3n) is 3.30. The Morgan fingerprint density at radius 2 is 2.09 bits per heavy atom. The zero-order valence-corrected chi connectivity index (χ0v) is 12.8. The highest BCUT2D eigenvalue weighted by molar-refractivity contribution is 6.30. The van der Waals surface area contributed by atoms with Crippen molar-refractivity contribution in [1.29, 1.82) is 0 Å². The summed E-state index contributed by atoms with van der Waals surface area (Å²) in [5.41, 5.74) is 0.381. The summed E-state index contributed by atoms with van der Waals surface area (Å²) in [5, 5.41) is 5.95. The Morgan fingerprint density at radius 1 is 1.35 bits per heavy atom. The minimum absolute atomic E-state index is 0.128. The molecule has 0 spiro atoms. The lowest BCUT2D eigenvalue weighted by atomic mass is 10.2. The Morgan fingerprint density at radius 3 is 2.78 bits per heavy atom. The first kappa shape index (κ1) is 15.3. The molecule has 3 rings (SSSR count). The highest BCUT2D eigenvalue weighted by Crippen LogP contribution is 2.33. The van der Waals surface area contributed by atoms with E-state index in [4.69, 9.17) is 16.3 Å². The predicted octanol–water partition coefficient (Wildman–Crippen LogP) is 2.95. The maximum atomic E-state index is 13.8. The van der Waals surface area contributed by atoms with E-state index in [-0.39, 0.29) is 33.2 Å². The van der Waals surface area contributed by atoms with Gasteiger partial charge in [0, 0.05) is 7.05 Å². The van der Waals surface area contributed by atoms with E-state index in [1.54, 1.807) is 0 Å². The maximum absolute atomic E-state index is 13.8. The highest BCUT2D eigenvalue weighted by Gasteiger charge is 2.17. The number of hydrogen-bond acceptors (Lipinski definition) is 4. The van der Waals surface area contributed by atoms with Gasteiger partial charge in [-0.15, -0.1) is 0 Å². The molecule has 9 heteroatoms. The van der Waals surface area contributed by atoms with E-state index in [1.165, 1.54) is 31.0 Å². The quantitative estimate of drug-likeness (QED) is 0.719. The van der Waals surface area contributed by atoms with Crippen molar-refractivity contribution in [2.24, 2.45) is 7.05 Å². The molecule has 0 saturated heterocycles. The van der Waals surface area contributed by atoms with E-state index in [1.807, 2.05) is 0 Å². The van der Waals surface area contributed by atoms with Crippen LogP contribution in [0.2, 0.25) is 5.15 Å². The molecular formula is C14H11ClF2N4O2. The normalized spacial score (nSPS) is 11.0. The summed E-state index contributed by atoms with van der Waals surface area (Å²) in [5.74, 6) is -2.47. The number of methoxy groups -OCH3 is 1. The molecule has 0 amide bonds. The van der Waals surface area contributed by atoms with Crippen LogP contribution in [0, 0.1) is 11.6 Å². The number of rotatable bonds is 3. The molecule has 120 valence electrons. The monoisotopic (exact) mass is 340 g/mol. The Bertz CT molecular complexity index is 968. The summed E-state index contributed by atoms with van der Waals surface area (Å²) in [6.07, 6.45) is 0. The number of H-pyrrole nitrogens is 1. The number of aromatic amines is 1. The molecule has 2 aromatic heterocycles. The van der Waals surface area contributed by atoms with Crippen LogP contribution < -0.4 is 15.6 Å². The van der Waals surface area contributed by atoms with Crippen molar-refractivity contribution < 1.29 is 13.5 Å². The molecule has 3 aromatic rings. The summed E-state index contributed by atoms with van der Waals surface area (Å²) in [6, 6.07) is 3.67. The minimum Gasteiger partial charge on any atom is -0.491 e. The summed E-state index contributed by atoms with van der Waals surface area (Å²) in [4.78, 5) is 16.2. The van der Waals surface area contributed by atoms with Crippen LogP contribution in [0.3, 0.4) is 0 Å². The number of hydrogen-bond donors (Lipinski definition) is 2. The summed E-state index contributed by atoms with van der Waals surface area (Å²) < 4.78 is 33.2. The first-order chi connectivity index (χ1) is 10.9. The molecule has 1 aromatic carbocycles. The van der Waals surface area contributed by atoms with Crippen molar-refractivity contribution in [2.75, 3.05) is 12.4 Å². The lowest BCUT2D eigenvalue weighted by Gasteiger charge is -2.12. The standard InChI is InChI=1S/C14H11ClF2N4O2/c1-21-14(22)10-8(5-9(15)19-13(10)20-21)18-7-4-3-6(16)11(17)12(7)23-2/h3-5H,1-2H3,(H2,18,19,20). The summed E-state index contributed by atoms with van der Waals surface area (Å²) in [6.45, 7) is 0. The van der Waals surface area contributed by atoms with Gasteiger partial charge in [-0.05, 0) is 18.2 Å². The molecule has 0 aliphatic carbocycles. The van der Waals surface area contributed by atoms with Crippen molar-refractivity contribution in [3.05, 3.63) is 45.3 Å². The topological polar surface area (TPSA) is 71.9 Å². The van der Waals surface area contributed by atoms with Crippen LogP contribution in [0.5, 0.6) is 5.75 Å². The molecule has 23 heavy (non-hydrogen) atoms. The molecule has 0 aliphatic heterocycles. The van der Waals surface area contributed by atoms with E-state index < -0.39 is 11.6 Å². The van der Waals surface area contributed by atoms with Crippen LogP contribution in [0.4, 0.5) is 20.2 Å². The van der Waals surface area contributed by atoms with Gasteiger partial charge in [0.05, 0.1) is 18.5 Å². The molecule has 2 heterocycles. The summed E-state index contributed by atoms with van der Waals surface area (Å²) >= 11 is 5.93. The Hall–Kier alpha value is -2.61. The van der Waals surface area contributed by atoms with Crippen LogP contribution in [0.1, 0.15) is 0 Å². The number of pyridine rings is 1. The molecule has 0 unspecified atom stereocenters. The van der Waals surface area contributed by atoms with Gasteiger partial charge >= 0.3 is 0 Å². The van der Waals surface area contributed by atoms with Gasteiger partial charge in [0.2, 0.25) is 5.82 Å². The third-order valence-corrected chi connectivity index (χ3v) is 3.50. The van der Waals surface area contributed by atoms with Crippen LogP contribution in [0.25, 0.3) is 11.0 Å². The predicted molar refractivity (Wildman–Crippen MR) is 82.5 cm³/mol. The van der Waals surface area contributed by atoms with E-state index in [2.05, 4.69) is 15.4 Å². The van der Waals surface area contributed by atoms with Crippen LogP contribution in [-0.2, 0) is 7.05 Å². The average Bonchev–Trinajstić information content (AvgIpc) is 2.78. The maximum Gasteiger partial charge on any atom is 0.277 e. The second-order valence-electron chi connectivity index (χ2n) is 4.76. The zero-order chi connectivity index (χ0) is 16.7. The second kappa shape index (κ2) is 5.54. The van der Waals surface area contributed by atoms with Gasteiger partial charge in [-0.2, -0.15) is 4.39 Å². The smallest absolute Gasteiger partial charge is 0.277 e. The van der Waals surface area contributed by atoms with Crippen LogP contribution in [-0.4, -0.2) is 21.9 Å². The SMILES string of the molecule is COc1c(Nc2cc(Cl)nc3[nH]n(C)c(=O)c23)ccc(F)c1F. The number of nitrogens with zero attached hydrogens (tertiary/aromatic N) is 2. The fraction of sp³-hybridized carbons (Fsp3) is 0.143. The first-order valence-electron chi connectivity index (χ1n) is 6.46. The second-order valence-corrected chi connectivity index (χ2v) is 5.15. The van der Waals surface area contributed by atoms with Gasteiger partial charge in [-0.3, -0.25) is 14.6 Å². The van der Waals surface area contributed by atoms with Crippen LogP contribution >= 0.6 is 11.6 Å². The number of aromatic nitrogens is 3. The van der Waals surface area contributed by atoms with E-state index in [9.17, 15) is 13.6 Å². The molecule has 0 aliphatic rings. The molecule has 0 saturated carbocycles. The van der Waals surface area contributed by atoms with Gasteiger partial charge in [-0.1, -0.05) is 11.6 Å². The molecule has 0 fully saturated rings. The van der Waals surface area contributed by atoms with Crippen molar-refractivity contribution >= 4 is 34.0 Å². The zero-order valence-electron chi connectivity index (χ0n) is 12.1. The Kier molecular flexibility index (Phi) is 3.69. The van der Waals surface area contributed by atoms with Gasteiger partial charge < -0.3 is 10.1 Å². The molecule has 6 nitrogen and oxygen atoms in total. The van der Waals surface area contributed by atoms with Gasteiger partial charge in [0.15, 0.2) is 17.2 Å². The molecular weight excluding hydrogens is 330 g/mol. The number of anilines is 2. The van der Waals surface area contributed by atoms with Gasteiger partial charge in [0.1, 0.15) is 10.5 Å². The Labute approximate surface area is 133 Å². The average molecular weight is 341 g/mol. The van der Waals surface area contributed by atoms with Crippen molar-refractivity contribution in [1.82, 2.24) is 14.8 Å². The first-order valence-corrected chi connectivity index (χ1v) is 6.84. The van der Waals surface area contributed by atoms with Crippen molar-refractivity contribution in [3.63, 3.8) is 0 Å². The lowest BCUT2D eigenvalue weighted by Crippen LogP contribution is -2.12. The third kappa shape index (κ3) is 2.50. The van der Waals surface area contributed by atoms with Crippen molar-refractivity contribution in [3.8, 4) is 5.75 Å². The molecule has 0 bridgehead atoms. The fourth-order valence-corrected chi connectivity index (χ4v) is 2.46. The fourth-order valence-electron chi connectivity index (χ4n) is 2.26. The molecule has 0 radical (unpaired) electrons. The highest BCUT2D eigenvalue weighted by atomic mass is 35.5. The number of aryl methyl sites for hydroxylation is 1. The number of halogens is 3. The largest absolute Gasteiger partial charge is 0.491 e. The van der Waals surface area contributed by atoms with Gasteiger partial charge in [0.25, 0.3) is 5.56 Å². The number of nitrogens with one attached hydrogen (secondary N) is 2. The Balaban J connectivity index is 2.20. The van der Waals surface area contributed by atoms with Crippen LogP contribution in [0.15, 0.2) is 23.0 Å².